The van der Waals surface area contributed by atoms with Crippen molar-refractivity contribution >= 4 is 29.0 Å². The first-order valence-electron chi connectivity index (χ1n) is 5.44. The minimum Gasteiger partial charge on any atom is -0.493 e. The fraction of sp³-hybridized carbons (Fsp3) is 0.154. The number of carboxylic acid groups (broad SMARTS) is 1. The predicted molar refractivity (Wildman–Crippen MR) is 70.1 cm³/mol. The van der Waals surface area contributed by atoms with Crippen LogP contribution in [0.4, 0.5) is 4.79 Å². The lowest BCUT2D eigenvalue weighted by molar-refractivity contribution is 0.153. The van der Waals surface area contributed by atoms with Crippen LogP contribution >= 0.6 is 12.0 Å². The van der Waals surface area contributed by atoms with Gasteiger partial charge in [0.2, 0.25) is 0 Å². The van der Waals surface area contributed by atoms with Crippen molar-refractivity contribution < 1.29 is 18.8 Å². The second-order valence-corrected chi connectivity index (χ2v) is 4.22. The Bertz CT molecular complexity index is 568. The quantitative estimate of drug-likeness (QED) is 0.847. The van der Waals surface area contributed by atoms with Crippen LogP contribution in [0.3, 0.4) is 0 Å². The van der Waals surface area contributed by atoms with Gasteiger partial charge >= 0.3 is 6.16 Å². The number of benzene rings is 2. The summed E-state index contributed by atoms with van der Waals surface area (Å²) in [5, 5.41) is 10.5. The minimum atomic E-state index is -1.32. The van der Waals surface area contributed by atoms with Crippen LogP contribution in [0.2, 0.25) is 0 Å². The highest BCUT2D eigenvalue weighted by Gasteiger charge is 2.12. The summed E-state index contributed by atoms with van der Waals surface area (Å²) in [5.74, 6) is 0.627. The van der Waals surface area contributed by atoms with Crippen LogP contribution in [-0.2, 0) is 4.18 Å². The van der Waals surface area contributed by atoms with Crippen LogP contribution in [0.15, 0.2) is 41.3 Å². The molecule has 5 heteroatoms. The maximum Gasteiger partial charge on any atom is 0.518 e. The molecule has 1 N–H and O–H groups in total. The minimum absolute atomic E-state index is 0.513. The first kappa shape index (κ1) is 12.6. The van der Waals surface area contributed by atoms with E-state index in [9.17, 15) is 4.79 Å². The Morgan fingerprint density at radius 1 is 1.28 bits per heavy atom. The van der Waals surface area contributed by atoms with Crippen LogP contribution in [0.25, 0.3) is 10.8 Å². The van der Waals surface area contributed by atoms with Crippen molar-refractivity contribution in [1.29, 1.82) is 0 Å². The topological polar surface area (TPSA) is 55.8 Å². The van der Waals surface area contributed by atoms with E-state index >= 15 is 0 Å². The molecule has 0 amide bonds. The number of rotatable bonds is 4. The molecule has 0 aliphatic carbocycles. The van der Waals surface area contributed by atoms with Crippen molar-refractivity contribution in [3.8, 4) is 5.75 Å². The Balaban J connectivity index is 2.47. The van der Waals surface area contributed by atoms with Gasteiger partial charge in [-0.05, 0) is 18.4 Å². The van der Waals surface area contributed by atoms with Gasteiger partial charge in [-0.1, -0.05) is 30.3 Å². The molecule has 0 heterocycles. The maximum atomic E-state index is 10.5. The van der Waals surface area contributed by atoms with E-state index in [-0.39, 0.29) is 0 Å². The molecule has 0 aromatic heterocycles. The van der Waals surface area contributed by atoms with E-state index < -0.39 is 6.16 Å². The average Bonchev–Trinajstić information content (AvgIpc) is 2.37. The number of hydrogen-bond donors (Lipinski definition) is 1. The second-order valence-electron chi connectivity index (χ2n) is 3.48. The molecule has 0 fully saturated rings. The van der Waals surface area contributed by atoms with E-state index in [2.05, 4.69) is 4.18 Å². The van der Waals surface area contributed by atoms with Crippen LogP contribution in [-0.4, -0.2) is 17.9 Å². The summed E-state index contributed by atoms with van der Waals surface area (Å²) in [4.78, 5) is 11.2. The van der Waals surface area contributed by atoms with Crippen molar-refractivity contribution in [3.63, 3.8) is 0 Å². The van der Waals surface area contributed by atoms with Crippen molar-refractivity contribution in [3.05, 3.63) is 36.4 Å². The molecule has 0 radical (unpaired) electrons. The monoisotopic (exact) mass is 264 g/mol. The molecule has 18 heavy (non-hydrogen) atoms. The van der Waals surface area contributed by atoms with Crippen molar-refractivity contribution in [2.75, 3.05) is 6.61 Å². The summed E-state index contributed by atoms with van der Waals surface area (Å²) >= 11 is 0.800. The van der Waals surface area contributed by atoms with E-state index in [4.69, 9.17) is 9.84 Å². The van der Waals surface area contributed by atoms with Gasteiger partial charge in [-0.15, -0.1) is 0 Å². The molecule has 0 bridgehead atoms. The lowest BCUT2D eigenvalue weighted by Crippen LogP contribution is -1.96. The summed E-state index contributed by atoms with van der Waals surface area (Å²) in [6.45, 7) is 2.39. The smallest absolute Gasteiger partial charge is 0.493 e. The standard InChI is InChI=1S/C13H12O4S/c1-2-16-11-8-7-9-5-3-4-6-10(9)12(11)18-17-13(14)15/h3-8H,2H2,1H3,(H,14,15). The predicted octanol–water partition coefficient (Wildman–Crippen LogP) is 3.94. The first-order valence-corrected chi connectivity index (χ1v) is 6.18. The summed E-state index contributed by atoms with van der Waals surface area (Å²) in [7, 11) is 0. The molecule has 4 nitrogen and oxygen atoms in total. The number of fused-ring (bicyclic) bond motifs is 1. The first-order chi connectivity index (χ1) is 8.72. The Labute approximate surface area is 109 Å². The fourth-order valence-electron chi connectivity index (χ4n) is 1.66. The molecule has 2 aromatic rings. The zero-order valence-electron chi connectivity index (χ0n) is 9.75. The zero-order valence-corrected chi connectivity index (χ0v) is 10.6. The Morgan fingerprint density at radius 3 is 2.78 bits per heavy atom. The molecule has 0 unspecified atom stereocenters. The van der Waals surface area contributed by atoms with E-state index in [0.717, 1.165) is 22.8 Å². The third-order valence-corrected chi connectivity index (χ3v) is 3.15. The Hall–Kier alpha value is -1.88. The van der Waals surface area contributed by atoms with Crippen molar-refractivity contribution in [2.24, 2.45) is 0 Å². The van der Waals surface area contributed by atoms with E-state index in [0.29, 0.717) is 17.3 Å². The van der Waals surface area contributed by atoms with Gasteiger partial charge in [0, 0.05) is 5.39 Å². The third-order valence-electron chi connectivity index (χ3n) is 2.34. The second kappa shape index (κ2) is 5.64. The molecule has 0 saturated heterocycles. The highest BCUT2D eigenvalue weighted by Crippen LogP contribution is 2.37. The molecular formula is C13H12O4S. The number of hydrogen-bond acceptors (Lipinski definition) is 4. The van der Waals surface area contributed by atoms with Gasteiger partial charge in [0.25, 0.3) is 0 Å². The SMILES string of the molecule is CCOc1ccc2ccccc2c1SOC(=O)O. The highest BCUT2D eigenvalue weighted by atomic mass is 32.2. The van der Waals surface area contributed by atoms with Gasteiger partial charge in [0.05, 0.1) is 11.5 Å². The Kier molecular flexibility index (Phi) is 3.94. The van der Waals surface area contributed by atoms with Gasteiger partial charge in [-0.25, -0.2) is 4.79 Å². The third kappa shape index (κ3) is 2.68. The lowest BCUT2D eigenvalue weighted by Gasteiger charge is -2.11. The zero-order chi connectivity index (χ0) is 13.0. The Morgan fingerprint density at radius 2 is 2.06 bits per heavy atom. The van der Waals surface area contributed by atoms with Crippen LogP contribution in [0.1, 0.15) is 6.92 Å². The van der Waals surface area contributed by atoms with Gasteiger partial charge < -0.3 is 14.0 Å². The van der Waals surface area contributed by atoms with Crippen LogP contribution < -0.4 is 4.74 Å². The van der Waals surface area contributed by atoms with Crippen molar-refractivity contribution in [1.82, 2.24) is 0 Å². The molecular weight excluding hydrogens is 252 g/mol. The van der Waals surface area contributed by atoms with E-state index in [1.165, 1.54) is 0 Å². The molecule has 0 aliphatic rings. The summed E-state index contributed by atoms with van der Waals surface area (Å²) in [6.07, 6.45) is -1.32. The van der Waals surface area contributed by atoms with Crippen LogP contribution in [0, 0.1) is 0 Å². The summed E-state index contributed by atoms with van der Waals surface area (Å²) in [5.41, 5.74) is 0. The molecule has 0 atom stereocenters. The summed E-state index contributed by atoms with van der Waals surface area (Å²) < 4.78 is 10.1. The normalized spacial score (nSPS) is 10.3. The van der Waals surface area contributed by atoms with Gasteiger partial charge in [-0.2, -0.15) is 0 Å². The number of carbonyl (C=O) groups is 1. The molecule has 2 rings (SSSR count). The summed E-state index contributed by atoms with van der Waals surface area (Å²) in [6, 6.07) is 11.4. The van der Waals surface area contributed by atoms with Gasteiger partial charge in [-0.3, -0.25) is 0 Å². The highest BCUT2D eigenvalue weighted by molar-refractivity contribution is 7.95. The van der Waals surface area contributed by atoms with Crippen molar-refractivity contribution in [2.45, 2.75) is 11.8 Å². The molecule has 0 aliphatic heterocycles. The maximum absolute atomic E-state index is 10.5. The van der Waals surface area contributed by atoms with Gasteiger partial charge in [0.15, 0.2) is 0 Å². The molecule has 94 valence electrons. The van der Waals surface area contributed by atoms with Crippen LogP contribution in [0.5, 0.6) is 5.75 Å². The largest absolute Gasteiger partial charge is 0.518 e. The van der Waals surface area contributed by atoms with Gasteiger partial charge in [0.1, 0.15) is 17.8 Å². The molecule has 2 aromatic carbocycles. The molecule has 0 saturated carbocycles. The van der Waals surface area contributed by atoms with E-state index in [1.54, 1.807) is 0 Å². The fourth-order valence-corrected chi connectivity index (χ4v) is 2.29. The number of ether oxygens (including phenoxy) is 1. The van der Waals surface area contributed by atoms with E-state index in [1.807, 2.05) is 43.3 Å². The lowest BCUT2D eigenvalue weighted by atomic mass is 10.1. The average molecular weight is 264 g/mol. The molecule has 0 spiro atoms.